The zero-order valence-electron chi connectivity index (χ0n) is 15.3. The van der Waals surface area contributed by atoms with E-state index in [9.17, 15) is 9.90 Å². The van der Waals surface area contributed by atoms with E-state index < -0.39 is 12.0 Å². The average molecular weight is 394 g/mol. The predicted octanol–water partition coefficient (Wildman–Crippen LogP) is 1.01. The van der Waals surface area contributed by atoms with Gasteiger partial charge in [-0.25, -0.2) is 4.79 Å². The maximum absolute atomic E-state index is 11.9. The molecular formula is C17H27N7O2S. The summed E-state index contributed by atoms with van der Waals surface area (Å²) in [6, 6.07) is -0.834. The fraction of sp³-hybridized carbons (Fsp3) is 0.529. The minimum atomic E-state index is -0.954. The van der Waals surface area contributed by atoms with Crippen molar-refractivity contribution in [3.05, 3.63) is 25.3 Å². The second-order valence-corrected chi connectivity index (χ2v) is 6.41. The Bertz CT molecular complexity index is 622. The number of aliphatic carboxylic acids is 1. The van der Waals surface area contributed by atoms with Gasteiger partial charge in [0.15, 0.2) is 0 Å². The number of piperidine rings is 1. The van der Waals surface area contributed by atoms with Gasteiger partial charge < -0.3 is 26.0 Å². The number of hydrogen-bond donors (Lipinski definition) is 5. The highest BCUT2D eigenvalue weighted by atomic mass is 32.1. The van der Waals surface area contributed by atoms with Crippen molar-refractivity contribution < 1.29 is 9.90 Å². The monoisotopic (exact) mass is 393 g/mol. The van der Waals surface area contributed by atoms with Crippen molar-refractivity contribution >= 4 is 36.4 Å². The number of nitrogens with one attached hydrogen (secondary N) is 3. The number of thiol groups is 1. The standard InChI is InChI=1S/C17H27N7O2S/c1-3-7-19-15-21-16(20-8-4-2)23-17(22-15)24(13(11-27)14(25)26)12-5-9-18-10-6-12/h3-4,12-13,18,27H,1-2,5-11H2,(H,25,26)(H2,19,20,21,22,23)/t13-/m0/s1. The van der Waals surface area contributed by atoms with E-state index in [1.807, 2.05) is 0 Å². The van der Waals surface area contributed by atoms with Crippen molar-refractivity contribution in [2.75, 3.05) is 47.5 Å². The fourth-order valence-electron chi connectivity index (χ4n) is 2.89. The van der Waals surface area contributed by atoms with Gasteiger partial charge in [-0.1, -0.05) is 12.2 Å². The van der Waals surface area contributed by atoms with Crippen LogP contribution in [0.3, 0.4) is 0 Å². The highest BCUT2D eigenvalue weighted by Crippen LogP contribution is 2.24. The van der Waals surface area contributed by atoms with Gasteiger partial charge in [0.2, 0.25) is 17.8 Å². The number of carboxylic acids is 1. The summed E-state index contributed by atoms with van der Waals surface area (Å²) in [5.41, 5.74) is 0. The van der Waals surface area contributed by atoms with Gasteiger partial charge in [-0.3, -0.25) is 0 Å². The molecule has 10 heteroatoms. The van der Waals surface area contributed by atoms with Crippen LogP contribution >= 0.6 is 12.6 Å². The Balaban J connectivity index is 2.45. The summed E-state index contributed by atoms with van der Waals surface area (Å²) in [7, 11) is 0. The maximum Gasteiger partial charge on any atom is 0.327 e. The lowest BCUT2D eigenvalue weighted by Crippen LogP contribution is -2.53. The molecule has 0 unspecified atom stereocenters. The van der Waals surface area contributed by atoms with Crippen molar-refractivity contribution in [2.24, 2.45) is 0 Å². The normalized spacial score (nSPS) is 15.6. The lowest BCUT2D eigenvalue weighted by atomic mass is 10.0. The smallest absolute Gasteiger partial charge is 0.327 e. The van der Waals surface area contributed by atoms with E-state index >= 15 is 0 Å². The third-order valence-electron chi connectivity index (χ3n) is 4.16. The maximum atomic E-state index is 11.9. The summed E-state index contributed by atoms with van der Waals surface area (Å²) >= 11 is 4.26. The first-order valence-corrected chi connectivity index (χ1v) is 9.52. The summed E-state index contributed by atoms with van der Waals surface area (Å²) < 4.78 is 0. The van der Waals surface area contributed by atoms with E-state index in [0.717, 1.165) is 25.9 Å². The van der Waals surface area contributed by atoms with E-state index in [-0.39, 0.29) is 11.8 Å². The predicted molar refractivity (Wildman–Crippen MR) is 111 cm³/mol. The zero-order valence-corrected chi connectivity index (χ0v) is 16.2. The SMILES string of the molecule is C=CCNc1nc(NCC=C)nc(N(C2CCNCC2)[C@@H](CS)C(=O)O)n1. The highest BCUT2D eigenvalue weighted by molar-refractivity contribution is 7.80. The molecule has 0 aliphatic carbocycles. The summed E-state index contributed by atoms with van der Waals surface area (Å²) in [5.74, 6) is 0.222. The van der Waals surface area contributed by atoms with Crippen LogP contribution in [0.15, 0.2) is 25.3 Å². The zero-order chi connectivity index (χ0) is 19.6. The third kappa shape index (κ3) is 5.83. The van der Waals surface area contributed by atoms with Crippen molar-refractivity contribution in [3.8, 4) is 0 Å². The van der Waals surface area contributed by atoms with Crippen LogP contribution in [0.2, 0.25) is 0 Å². The van der Waals surface area contributed by atoms with Gasteiger partial charge in [-0.15, -0.1) is 13.2 Å². The van der Waals surface area contributed by atoms with Crippen LogP contribution < -0.4 is 20.9 Å². The number of aromatic nitrogens is 3. The van der Waals surface area contributed by atoms with Crippen molar-refractivity contribution in [3.63, 3.8) is 0 Å². The van der Waals surface area contributed by atoms with Gasteiger partial charge in [0.1, 0.15) is 6.04 Å². The molecule has 2 heterocycles. The molecule has 0 radical (unpaired) electrons. The molecule has 27 heavy (non-hydrogen) atoms. The molecule has 0 aromatic carbocycles. The Morgan fingerprint density at radius 3 is 2.22 bits per heavy atom. The third-order valence-corrected chi connectivity index (χ3v) is 4.51. The molecular weight excluding hydrogens is 366 g/mol. The molecule has 0 bridgehead atoms. The first kappa shape index (κ1) is 21.0. The Kier molecular flexibility index (Phi) is 8.34. The van der Waals surface area contributed by atoms with Gasteiger partial charge in [0, 0.05) is 24.9 Å². The number of nitrogens with zero attached hydrogens (tertiary/aromatic N) is 4. The molecule has 4 N–H and O–H groups in total. The van der Waals surface area contributed by atoms with E-state index in [1.54, 1.807) is 17.1 Å². The van der Waals surface area contributed by atoms with E-state index in [2.05, 4.69) is 56.7 Å². The molecule has 148 valence electrons. The van der Waals surface area contributed by atoms with Crippen molar-refractivity contribution in [1.29, 1.82) is 0 Å². The van der Waals surface area contributed by atoms with Crippen LogP contribution in [0.5, 0.6) is 0 Å². The van der Waals surface area contributed by atoms with Gasteiger partial charge in [-0.05, 0) is 25.9 Å². The van der Waals surface area contributed by atoms with E-state index in [4.69, 9.17) is 0 Å². The first-order chi connectivity index (χ1) is 13.1. The molecule has 1 aromatic heterocycles. The van der Waals surface area contributed by atoms with Crippen LogP contribution in [0.4, 0.5) is 17.8 Å². The number of carboxylic acid groups (broad SMARTS) is 1. The molecule has 1 fully saturated rings. The summed E-state index contributed by atoms with van der Waals surface area (Å²) in [4.78, 5) is 26.9. The number of carbonyl (C=O) groups is 1. The van der Waals surface area contributed by atoms with Crippen LogP contribution in [-0.4, -0.2) is 70.0 Å². The molecule has 1 aromatic rings. The molecule has 1 saturated heterocycles. The lowest BCUT2D eigenvalue weighted by Gasteiger charge is -2.38. The van der Waals surface area contributed by atoms with Crippen molar-refractivity contribution in [1.82, 2.24) is 20.3 Å². The topological polar surface area (TPSA) is 115 Å². The average Bonchev–Trinajstić information content (AvgIpc) is 2.69. The second kappa shape index (κ2) is 10.7. The van der Waals surface area contributed by atoms with Crippen LogP contribution in [0, 0.1) is 0 Å². The Morgan fingerprint density at radius 2 is 1.78 bits per heavy atom. The number of anilines is 3. The Morgan fingerprint density at radius 1 is 1.22 bits per heavy atom. The minimum absolute atomic E-state index is 0.00130. The quantitative estimate of drug-likeness (QED) is 0.277. The molecule has 0 spiro atoms. The molecule has 2 rings (SSSR count). The molecule has 0 amide bonds. The van der Waals surface area contributed by atoms with Crippen LogP contribution in [0.1, 0.15) is 12.8 Å². The van der Waals surface area contributed by atoms with E-state index in [0.29, 0.717) is 30.9 Å². The Hall–Kier alpha value is -2.33. The molecule has 9 nitrogen and oxygen atoms in total. The summed E-state index contributed by atoms with van der Waals surface area (Å²) in [6.45, 7) is 9.94. The van der Waals surface area contributed by atoms with Gasteiger partial charge >= 0.3 is 5.97 Å². The largest absolute Gasteiger partial charge is 0.480 e. The second-order valence-electron chi connectivity index (χ2n) is 6.05. The molecule has 0 saturated carbocycles. The fourth-order valence-corrected chi connectivity index (χ4v) is 3.22. The number of rotatable bonds is 11. The van der Waals surface area contributed by atoms with Gasteiger partial charge in [-0.2, -0.15) is 27.6 Å². The first-order valence-electron chi connectivity index (χ1n) is 8.89. The van der Waals surface area contributed by atoms with Gasteiger partial charge in [0.25, 0.3) is 0 Å². The lowest BCUT2D eigenvalue weighted by molar-refractivity contribution is -0.138. The molecule has 1 aliphatic heterocycles. The highest BCUT2D eigenvalue weighted by Gasteiger charge is 2.34. The number of hydrogen-bond acceptors (Lipinski definition) is 9. The van der Waals surface area contributed by atoms with Crippen LogP contribution in [-0.2, 0) is 4.79 Å². The summed E-state index contributed by atoms with van der Waals surface area (Å²) in [6.07, 6.45) is 4.99. The Labute approximate surface area is 164 Å². The van der Waals surface area contributed by atoms with Gasteiger partial charge in [0.05, 0.1) is 0 Å². The van der Waals surface area contributed by atoms with Crippen LogP contribution in [0.25, 0.3) is 0 Å². The minimum Gasteiger partial charge on any atom is -0.480 e. The van der Waals surface area contributed by atoms with Crippen molar-refractivity contribution in [2.45, 2.75) is 24.9 Å². The van der Waals surface area contributed by atoms with E-state index in [1.165, 1.54) is 0 Å². The molecule has 1 atom stereocenters. The summed E-state index contributed by atoms with van der Waals surface area (Å²) in [5, 5.41) is 19.1. The molecule has 1 aliphatic rings.